The molecule has 0 fully saturated rings. The van der Waals surface area contributed by atoms with Gasteiger partial charge in [0, 0.05) is 18.5 Å². The summed E-state index contributed by atoms with van der Waals surface area (Å²) in [6.07, 6.45) is 5.19. The van der Waals surface area contributed by atoms with E-state index < -0.39 is 0 Å². The Balaban J connectivity index is 1.36. The zero-order valence-electron chi connectivity index (χ0n) is 23.1. The molecule has 3 heteroatoms. The first-order valence-corrected chi connectivity index (χ1v) is 13.8. The van der Waals surface area contributed by atoms with Crippen LogP contribution in [-0.4, -0.2) is 19.1 Å². The van der Waals surface area contributed by atoms with Crippen LogP contribution in [0.1, 0.15) is 51.0 Å². The van der Waals surface area contributed by atoms with Crippen molar-refractivity contribution in [1.29, 1.82) is 0 Å². The summed E-state index contributed by atoms with van der Waals surface area (Å²) in [7, 11) is 1.41. The van der Waals surface area contributed by atoms with Crippen molar-refractivity contribution in [3.8, 4) is 0 Å². The highest BCUT2D eigenvalue weighted by atomic mass is 16.5. The molecule has 5 aromatic rings. The molecule has 200 valence electrons. The molecule has 0 saturated heterocycles. The number of carbonyl (C=O) groups excluding carboxylic acids is 1. The molecule has 0 aromatic heterocycles. The summed E-state index contributed by atoms with van der Waals surface area (Å²) in [5.74, 6) is -0.107. The molecule has 0 amide bonds. The fourth-order valence-corrected chi connectivity index (χ4v) is 5.17. The average molecular weight is 526 g/mol. The molecule has 3 nitrogen and oxygen atoms in total. The van der Waals surface area contributed by atoms with Crippen molar-refractivity contribution in [2.24, 2.45) is 0 Å². The number of carbonyl (C=O) groups is 1. The Hall–Kier alpha value is -4.47. The van der Waals surface area contributed by atoms with Gasteiger partial charge in [0.25, 0.3) is 0 Å². The highest BCUT2D eigenvalue weighted by Crippen LogP contribution is 2.27. The molecule has 0 aliphatic carbocycles. The van der Waals surface area contributed by atoms with Crippen molar-refractivity contribution in [2.75, 3.05) is 7.11 Å². The zero-order valence-corrected chi connectivity index (χ0v) is 23.1. The molecule has 0 saturated carbocycles. The standard InChI is InChI=1S/C37H35NO2/c1-27(38-26-31-17-18-32-13-6-7-14-35(32)24-31)36(33-19-21-34(22-20-33)37(39)40-2)25-30-12-8-11-29(23-30)16-15-28-9-4-3-5-10-28/h3-24,27,36,38H,25-26H2,1-2H3/b16-15+. The van der Waals surface area contributed by atoms with E-state index in [4.69, 9.17) is 4.74 Å². The molecule has 5 rings (SSSR count). The fourth-order valence-electron chi connectivity index (χ4n) is 5.17. The van der Waals surface area contributed by atoms with Crippen LogP contribution in [-0.2, 0) is 17.7 Å². The van der Waals surface area contributed by atoms with Crippen molar-refractivity contribution >= 4 is 28.9 Å². The molecule has 2 atom stereocenters. The van der Waals surface area contributed by atoms with Crippen LogP contribution in [0.15, 0.2) is 121 Å². The normalized spacial score (nSPS) is 12.8. The van der Waals surface area contributed by atoms with Gasteiger partial charge in [-0.15, -0.1) is 0 Å². The predicted molar refractivity (Wildman–Crippen MR) is 166 cm³/mol. The van der Waals surface area contributed by atoms with Gasteiger partial charge in [-0.05, 0) is 70.1 Å². The summed E-state index contributed by atoms with van der Waals surface area (Å²) >= 11 is 0. The van der Waals surface area contributed by atoms with Crippen LogP contribution < -0.4 is 5.32 Å². The van der Waals surface area contributed by atoms with Crippen molar-refractivity contribution in [1.82, 2.24) is 5.32 Å². The number of rotatable bonds is 10. The Morgan fingerprint density at radius 1 is 0.725 bits per heavy atom. The van der Waals surface area contributed by atoms with Crippen LogP contribution in [0, 0.1) is 0 Å². The minimum Gasteiger partial charge on any atom is -0.465 e. The molecule has 0 radical (unpaired) electrons. The number of ether oxygens (including phenoxy) is 1. The first-order chi connectivity index (χ1) is 19.6. The minimum absolute atomic E-state index is 0.193. The third-order valence-electron chi connectivity index (χ3n) is 7.48. The summed E-state index contributed by atoms with van der Waals surface area (Å²) < 4.78 is 4.91. The van der Waals surface area contributed by atoms with E-state index >= 15 is 0 Å². The number of hydrogen-bond acceptors (Lipinski definition) is 3. The van der Waals surface area contributed by atoms with Gasteiger partial charge in [0.2, 0.25) is 0 Å². The minimum atomic E-state index is -0.316. The van der Waals surface area contributed by atoms with Crippen LogP contribution in [0.2, 0.25) is 0 Å². The highest BCUT2D eigenvalue weighted by molar-refractivity contribution is 5.89. The first kappa shape index (κ1) is 27.1. The molecule has 40 heavy (non-hydrogen) atoms. The molecule has 1 N–H and O–H groups in total. The number of hydrogen-bond donors (Lipinski definition) is 1. The van der Waals surface area contributed by atoms with Gasteiger partial charge in [-0.25, -0.2) is 4.79 Å². The van der Waals surface area contributed by atoms with E-state index in [1.54, 1.807) is 0 Å². The second-order valence-electron chi connectivity index (χ2n) is 10.3. The molecule has 0 spiro atoms. The van der Waals surface area contributed by atoms with Gasteiger partial charge in [0.1, 0.15) is 0 Å². The topological polar surface area (TPSA) is 38.3 Å². The van der Waals surface area contributed by atoms with E-state index in [-0.39, 0.29) is 17.9 Å². The van der Waals surface area contributed by atoms with Crippen LogP contribution in [0.25, 0.3) is 22.9 Å². The lowest BCUT2D eigenvalue weighted by Gasteiger charge is -2.26. The molecular formula is C37H35NO2. The van der Waals surface area contributed by atoms with Gasteiger partial charge < -0.3 is 10.1 Å². The Morgan fingerprint density at radius 2 is 1.43 bits per heavy atom. The molecule has 0 bridgehead atoms. The van der Waals surface area contributed by atoms with Crippen molar-refractivity contribution in [3.63, 3.8) is 0 Å². The van der Waals surface area contributed by atoms with Gasteiger partial charge in [-0.3, -0.25) is 0 Å². The maximum Gasteiger partial charge on any atom is 0.337 e. The van der Waals surface area contributed by atoms with E-state index in [0.29, 0.717) is 5.56 Å². The molecule has 0 heterocycles. The smallest absolute Gasteiger partial charge is 0.337 e. The van der Waals surface area contributed by atoms with Gasteiger partial charge in [0.15, 0.2) is 0 Å². The molecule has 0 aliphatic rings. The molecule has 0 aliphatic heterocycles. The van der Waals surface area contributed by atoms with Crippen LogP contribution in [0.4, 0.5) is 0 Å². The van der Waals surface area contributed by atoms with Crippen LogP contribution in [0.3, 0.4) is 0 Å². The summed E-state index contributed by atoms with van der Waals surface area (Å²) in [4.78, 5) is 12.0. The first-order valence-electron chi connectivity index (χ1n) is 13.8. The van der Waals surface area contributed by atoms with Crippen molar-refractivity contribution in [2.45, 2.75) is 31.8 Å². The van der Waals surface area contributed by atoms with E-state index in [1.165, 1.54) is 45.7 Å². The number of fused-ring (bicyclic) bond motifs is 1. The Kier molecular flexibility index (Phi) is 8.85. The summed E-state index contributed by atoms with van der Waals surface area (Å²) in [6, 6.07) is 42.3. The van der Waals surface area contributed by atoms with E-state index in [0.717, 1.165) is 13.0 Å². The maximum atomic E-state index is 12.0. The lowest BCUT2D eigenvalue weighted by atomic mass is 9.85. The highest BCUT2D eigenvalue weighted by Gasteiger charge is 2.21. The summed E-state index contributed by atoms with van der Waals surface area (Å²) in [5.41, 5.74) is 6.65. The number of benzene rings is 5. The third kappa shape index (κ3) is 6.93. The average Bonchev–Trinajstić information content (AvgIpc) is 3.02. The van der Waals surface area contributed by atoms with Crippen LogP contribution >= 0.6 is 0 Å². The predicted octanol–water partition coefficient (Wildman–Crippen LogP) is 8.30. The molecule has 2 unspecified atom stereocenters. The Morgan fingerprint density at radius 3 is 2.20 bits per heavy atom. The third-order valence-corrected chi connectivity index (χ3v) is 7.48. The molecular weight excluding hydrogens is 490 g/mol. The van der Waals surface area contributed by atoms with Crippen molar-refractivity contribution < 1.29 is 9.53 Å². The summed E-state index contributed by atoms with van der Waals surface area (Å²) in [6.45, 7) is 3.03. The lowest BCUT2D eigenvalue weighted by Crippen LogP contribution is -2.33. The lowest BCUT2D eigenvalue weighted by molar-refractivity contribution is 0.0600. The van der Waals surface area contributed by atoms with E-state index in [2.05, 4.69) is 128 Å². The van der Waals surface area contributed by atoms with E-state index in [1.807, 2.05) is 18.2 Å². The number of esters is 1. The zero-order chi connectivity index (χ0) is 27.7. The van der Waals surface area contributed by atoms with E-state index in [9.17, 15) is 4.79 Å². The largest absolute Gasteiger partial charge is 0.465 e. The fraction of sp³-hybridized carbons (Fsp3) is 0.162. The van der Waals surface area contributed by atoms with Gasteiger partial charge in [-0.1, -0.05) is 115 Å². The van der Waals surface area contributed by atoms with Gasteiger partial charge >= 0.3 is 5.97 Å². The number of nitrogens with one attached hydrogen (secondary N) is 1. The second-order valence-corrected chi connectivity index (χ2v) is 10.3. The summed E-state index contributed by atoms with van der Waals surface area (Å²) in [5, 5.41) is 6.29. The second kappa shape index (κ2) is 13.1. The van der Waals surface area contributed by atoms with Crippen molar-refractivity contribution in [3.05, 3.63) is 155 Å². The van der Waals surface area contributed by atoms with Gasteiger partial charge in [0.05, 0.1) is 12.7 Å². The Labute approximate surface area is 237 Å². The van der Waals surface area contributed by atoms with Crippen LogP contribution in [0.5, 0.6) is 0 Å². The maximum absolute atomic E-state index is 12.0. The molecule has 5 aromatic carbocycles. The SMILES string of the molecule is COC(=O)c1ccc(C(Cc2cccc(/C=C/c3ccccc3)c2)C(C)NCc2ccc3ccccc3c2)cc1. The number of methoxy groups -OCH3 is 1. The Bertz CT molecular complexity index is 1590. The quantitative estimate of drug-likeness (QED) is 0.147. The monoisotopic (exact) mass is 525 g/mol. The van der Waals surface area contributed by atoms with Gasteiger partial charge in [-0.2, -0.15) is 0 Å².